The Balaban J connectivity index is 0.00000108. The molecule has 4 aliphatic rings. The van der Waals surface area contributed by atoms with Gasteiger partial charge >= 0.3 is 0 Å². The van der Waals surface area contributed by atoms with E-state index in [4.69, 9.17) is 0 Å². The third kappa shape index (κ3) is 2.81. The van der Waals surface area contributed by atoms with Crippen molar-refractivity contribution in [3.05, 3.63) is 0 Å². The molecule has 0 aromatic heterocycles. The first kappa shape index (κ1) is 13.7. The molecule has 0 aromatic carbocycles. The summed E-state index contributed by atoms with van der Waals surface area (Å²) in [5.41, 5.74) is 0.822. The standard InChI is InChI=1S/C15H27N.ClH/c1-16-5-3-2-4-15-9-12-6-13(10-15)8-14(7-12)11-15;/h12-14,16H,2-11H2,1H3;1H. The van der Waals surface area contributed by atoms with Crippen LogP contribution >= 0.6 is 12.4 Å². The molecule has 0 atom stereocenters. The van der Waals surface area contributed by atoms with E-state index in [-0.39, 0.29) is 12.4 Å². The fourth-order valence-electron chi connectivity index (χ4n) is 5.40. The summed E-state index contributed by atoms with van der Waals surface area (Å²) >= 11 is 0. The molecule has 17 heavy (non-hydrogen) atoms. The number of nitrogens with one attached hydrogen (secondary N) is 1. The molecule has 1 N–H and O–H groups in total. The van der Waals surface area contributed by atoms with Crippen molar-refractivity contribution in [3.8, 4) is 0 Å². The number of hydrogen-bond donors (Lipinski definition) is 1. The highest BCUT2D eigenvalue weighted by molar-refractivity contribution is 5.85. The van der Waals surface area contributed by atoms with Gasteiger partial charge in [0.15, 0.2) is 0 Å². The van der Waals surface area contributed by atoms with Crippen LogP contribution in [-0.2, 0) is 0 Å². The predicted octanol–water partition coefficient (Wildman–Crippen LogP) is 4.01. The molecular weight excluding hydrogens is 230 g/mol. The van der Waals surface area contributed by atoms with Gasteiger partial charge in [0.25, 0.3) is 0 Å². The molecule has 0 saturated heterocycles. The van der Waals surface area contributed by atoms with Crippen molar-refractivity contribution in [2.24, 2.45) is 23.2 Å². The van der Waals surface area contributed by atoms with Gasteiger partial charge in [-0.05, 0) is 88.1 Å². The Labute approximate surface area is 113 Å². The van der Waals surface area contributed by atoms with Crippen molar-refractivity contribution in [1.29, 1.82) is 0 Å². The van der Waals surface area contributed by atoms with Gasteiger partial charge in [-0.15, -0.1) is 12.4 Å². The van der Waals surface area contributed by atoms with Crippen LogP contribution in [0.15, 0.2) is 0 Å². The zero-order valence-corrected chi connectivity index (χ0v) is 12.0. The van der Waals surface area contributed by atoms with E-state index in [9.17, 15) is 0 Å². The first-order valence-electron chi connectivity index (χ1n) is 7.44. The Morgan fingerprint density at radius 1 is 0.941 bits per heavy atom. The van der Waals surface area contributed by atoms with E-state index in [0.29, 0.717) is 0 Å². The Morgan fingerprint density at radius 2 is 1.47 bits per heavy atom. The molecule has 4 aliphatic carbocycles. The maximum Gasteiger partial charge on any atom is -0.00519 e. The Kier molecular flexibility index (Phi) is 4.41. The quantitative estimate of drug-likeness (QED) is 0.734. The van der Waals surface area contributed by atoms with Gasteiger partial charge in [-0.3, -0.25) is 0 Å². The van der Waals surface area contributed by atoms with Crippen LogP contribution in [0.4, 0.5) is 0 Å². The van der Waals surface area contributed by atoms with Gasteiger partial charge in [0, 0.05) is 0 Å². The van der Waals surface area contributed by atoms with Crippen LogP contribution in [0.3, 0.4) is 0 Å². The molecule has 1 nitrogen and oxygen atoms in total. The summed E-state index contributed by atoms with van der Waals surface area (Å²) in [6.07, 6.45) is 14.0. The van der Waals surface area contributed by atoms with Gasteiger partial charge < -0.3 is 5.32 Å². The van der Waals surface area contributed by atoms with E-state index in [1.54, 1.807) is 38.5 Å². The van der Waals surface area contributed by atoms with Crippen molar-refractivity contribution < 1.29 is 0 Å². The monoisotopic (exact) mass is 257 g/mol. The topological polar surface area (TPSA) is 12.0 Å². The minimum absolute atomic E-state index is 0. The summed E-state index contributed by atoms with van der Waals surface area (Å²) in [5.74, 6) is 3.40. The summed E-state index contributed by atoms with van der Waals surface area (Å²) in [6, 6.07) is 0. The number of halogens is 1. The summed E-state index contributed by atoms with van der Waals surface area (Å²) in [7, 11) is 2.07. The van der Waals surface area contributed by atoms with Crippen molar-refractivity contribution >= 4 is 12.4 Å². The van der Waals surface area contributed by atoms with E-state index >= 15 is 0 Å². The third-order valence-corrected chi connectivity index (χ3v) is 5.55. The van der Waals surface area contributed by atoms with E-state index in [2.05, 4.69) is 12.4 Å². The second-order valence-corrected chi connectivity index (χ2v) is 6.98. The number of unbranched alkanes of at least 4 members (excludes halogenated alkanes) is 1. The highest BCUT2D eigenvalue weighted by Gasteiger charge is 2.50. The van der Waals surface area contributed by atoms with Crippen LogP contribution in [0.1, 0.15) is 57.8 Å². The van der Waals surface area contributed by atoms with Crippen LogP contribution in [0, 0.1) is 23.2 Å². The predicted molar refractivity (Wildman–Crippen MR) is 75.6 cm³/mol. The summed E-state index contributed by atoms with van der Waals surface area (Å²) in [4.78, 5) is 0. The molecule has 0 heterocycles. The van der Waals surface area contributed by atoms with Crippen LogP contribution in [0.5, 0.6) is 0 Å². The fraction of sp³-hybridized carbons (Fsp3) is 1.00. The van der Waals surface area contributed by atoms with Crippen LogP contribution < -0.4 is 5.32 Å². The highest BCUT2D eigenvalue weighted by atomic mass is 35.5. The van der Waals surface area contributed by atoms with Crippen molar-refractivity contribution in [2.75, 3.05) is 13.6 Å². The maximum atomic E-state index is 3.28. The van der Waals surface area contributed by atoms with Crippen LogP contribution in [-0.4, -0.2) is 13.6 Å². The van der Waals surface area contributed by atoms with Gasteiger partial charge in [-0.1, -0.05) is 6.42 Å². The average molecular weight is 258 g/mol. The van der Waals surface area contributed by atoms with Gasteiger partial charge in [0.05, 0.1) is 0 Å². The second kappa shape index (κ2) is 5.48. The third-order valence-electron chi connectivity index (χ3n) is 5.55. The van der Waals surface area contributed by atoms with Crippen LogP contribution in [0.2, 0.25) is 0 Å². The minimum Gasteiger partial charge on any atom is -0.320 e. The molecule has 0 aliphatic heterocycles. The van der Waals surface area contributed by atoms with Gasteiger partial charge in [-0.2, -0.15) is 0 Å². The fourth-order valence-corrected chi connectivity index (χ4v) is 5.40. The molecule has 0 spiro atoms. The molecule has 0 amide bonds. The molecule has 2 heteroatoms. The lowest BCUT2D eigenvalue weighted by atomic mass is 9.48. The number of rotatable bonds is 5. The lowest BCUT2D eigenvalue weighted by molar-refractivity contribution is -0.0582. The SMILES string of the molecule is CNCCCCC12CC3CC(CC(C3)C1)C2.Cl. The van der Waals surface area contributed by atoms with Crippen molar-refractivity contribution in [2.45, 2.75) is 57.8 Å². The largest absolute Gasteiger partial charge is 0.320 e. The molecule has 4 rings (SSSR count). The minimum atomic E-state index is 0. The zero-order chi connectivity index (χ0) is 11.0. The molecule has 0 radical (unpaired) electrons. The summed E-state index contributed by atoms with van der Waals surface area (Å²) < 4.78 is 0. The van der Waals surface area contributed by atoms with E-state index in [1.165, 1.54) is 25.8 Å². The Morgan fingerprint density at radius 3 is 1.94 bits per heavy atom. The Hall–Kier alpha value is 0.250. The maximum absolute atomic E-state index is 3.28. The molecule has 4 saturated carbocycles. The normalized spacial score (nSPS) is 42.5. The molecular formula is C15H28ClN. The molecule has 4 bridgehead atoms. The molecule has 4 fully saturated rings. The smallest absolute Gasteiger partial charge is 0.00519 e. The van der Waals surface area contributed by atoms with E-state index in [0.717, 1.165) is 23.2 Å². The van der Waals surface area contributed by atoms with Gasteiger partial charge in [0.1, 0.15) is 0 Å². The average Bonchev–Trinajstić information content (AvgIpc) is 2.22. The first-order chi connectivity index (χ1) is 7.80. The van der Waals surface area contributed by atoms with Gasteiger partial charge in [0.2, 0.25) is 0 Å². The van der Waals surface area contributed by atoms with Gasteiger partial charge in [-0.25, -0.2) is 0 Å². The van der Waals surface area contributed by atoms with Crippen LogP contribution in [0.25, 0.3) is 0 Å². The molecule has 0 aromatic rings. The molecule has 100 valence electrons. The summed E-state index contributed by atoms with van der Waals surface area (Å²) in [6.45, 7) is 1.21. The number of hydrogen-bond acceptors (Lipinski definition) is 1. The second-order valence-electron chi connectivity index (χ2n) is 6.98. The Bertz CT molecular complexity index is 216. The first-order valence-corrected chi connectivity index (χ1v) is 7.44. The lowest BCUT2D eigenvalue weighted by Gasteiger charge is -2.57. The van der Waals surface area contributed by atoms with E-state index in [1.807, 2.05) is 0 Å². The van der Waals surface area contributed by atoms with Crippen molar-refractivity contribution in [1.82, 2.24) is 5.32 Å². The lowest BCUT2D eigenvalue weighted by Crippen LogP contribution is -2.45. The molecule has 0 unspecified atom stereocenters. The summed E-state index contributed by atoms with van der Waals surface area (Å²) in [5, 5.41) is 3.28. The zero-order valence-electron chi connectivity index (χ0n) is 11.2. The van der Waals surface area contributed by atoms with Crippen molar-refractivity contribution in [3.63, 3.8) is 0 Å². The van der Waals surface area contributed by atoms with E-state index < -0.39 is 0 Å². The highest BCUT2D eigenvalue weighted by Crippen LogP contribution is 2.61.